The van der Waals surface area contributed by atoms with Crippen LogP contribution in [0, 0.1) is 0 Å². The minimum Gasteiger partial charge on any atom is -0.493 e. The number of halogens is 2. The van der Waals surface area contributed by atoms with Crippen molar-refractivity contribution >= 4 is 5.82 Å². The first-order valence-electron chi connectivity index (χ1n) is 4.40. The number of alkyl halides is 2. The van der Waals surface area contributed by atoms with Crippen LogP contribution in [0.3, 0.4) is 0 Å². The highest BCUT2D eigenvalue weighted by molar-refractivity contribution is 5.49. The smallest absolute Gasteiger partial charge is 0.276 e. The molecule has 0 aliphatic carbocycles. The van der Waals surface area contributed by atoms with E-state index in [1.807, 2.05) is 0 Å². The van der Waals surface area contributed by atoms with Crippen molar-refractivity contribution in [1.29, 1.82) is 0 Å². The normalized spacial score (nSPS) is 11.2. The molecule has 1 rings (SSSR count). The summed E-state index contributed by atoms with van der Waals surface area (Å²) in [6.45, 7) is -1.26. The highest BCUT2D eigenvalue weighted by Gasteiger charge is 2.26. The first kappa shape index (κ1) is 11.6. The van der Waals surface area contributed by atoms with E-state index >= 15 is 0 Å². The summed E-state index contributed by atoms with van der Waals surface area (Å²) in [5.74, 6) is -2.24. The molecule has 4 nitrogen and oxygen atoms in total. The van der Waals surface area contributed by atoms with Crippen LogP contribution in [0.5, 0.6) is 5.75 Å². The summed E-state index contributed by atoms with van der Waals surface area (Å²) in [7, 11) is 1.45. The fraction of sp³-hybridized carbons (Fsp3) is 0.444. The SMILES string of the molecule is COc1cccnc1NCC(F)(F)CN. The third kappa shape index (κ3) is 3.32. The summed E-state index contributed by atoms with van der Waals surface area (Å²) >= 11 is 0. The van der Waals surface area contributed by atoms with E-state index in [9.17, 15) is 8.78 Å². The average molecular weight is 217 g/mol. The Kier molecular flexibility index (Phi) is 3.79. The third-order valence-electron chi connectivity index (χ3n) is 1.80. The van der Waals surface area contributed by atoms with Crippen LogP contribution in [0.4, 0.5) is 14.6 Å². The van der Waals surface area contributed by atoms with Gasteiger partial charge in [-0.15, -0.1) is 0 Å². The number of hydrogen-bond donors (Lipinski definition) is 2. The van der Waals surface area contributed by atoms with E-state index in [2.05, 4.69) is 10.3 Å². The molecular weight excluding hydrogens is 204 g/mol. The second kappa shape index (κ2) is 4.88. The fourth-order valence-electron chi connectivity index (χ4n) is 0.973. The molecule has 0 saturated carbocycles. The molecule has 1 aromatic heterocycles. The highest BCUT2D eigenvalue weighted by atomic mass is 19.3. The van der Waals surface area contributed by atoms with Crippen LogP contribution in [0.2, 0.25) is 0 Å². The molecule has 0 fully saturated rings. The molecule has 1 heterocycles. The van der Waals surface area contributed by atoms with Gasteiger partial charge in [-0.1, -0.05) is 0 Å². The second-order valence-corrected chi connectivity index (χ2v) is 2.97. The Morgan fingerprint density at radius 1 is 1.60 bits per heavy atom. The maximum atomic E-state index is 12.8. The Hall–Kier alpha value is -1.43. The first-order valence-corrected chi connectivity index (χ1v) is 4.40. The molecule has 6 heteroatoms. The third-order valence-corrected chi connectivity index (χ3v) is 1.80. The summed E-state index contributed by atoms with van der Waals surface area (Å²) in [6, 6.07) is 3.29. The van der Waals surface area contributed by atoms with Crippen molar-refractivity contribution < 1.29 is 13.5 Å². The van der Waals surface area contributed by atoms with Gasteiger partial charge in [-0.25, -0.2) is 13.8 Å². The van der Waals surface area contributed by atoms with E-state index in [0.717, 1.165) is 0 Å². The van der Waals surface area contributed by atoms with Crippen molar-refractivity contribution in [3.8, 4) is 5.75 Å². The summed E-state index contributed by atoms with van der Waals surface area (Å²) in [5.41, 5.74) is 4.90. The molecule has 0 amide bonds. The second-order valence-electron chi connectivity index (χ2n) is 2.97. The summed E-state index contributed by atoms with van der Waals surface area (Å²) in [4.78, 5) is 3.88. The molecule has 0 aliphatic heterocycles. The van der Waals surface area contributed by atoms with Crippen molar-refractivity contribution in [1.82, 2.24) is 4.98 Å². The molecule has 0 bridgehead atoms. The quantitative estimate of drug-likeness (QED) is 0.775. The van der Waals surface area contributed by atoms with Crippen LogP contribution in [-0.2, 0) is 0 Å². The van der Waals surface area contributed by atoms with Crippen LogP contribution >= 0.6 is 0 Å². The Morgan fingerprint density at radius 3 is 2.93 bits per heavy atom. The Labute approximate surface area is 86.4 Å². The number of aromatic nitrogens is 1. The van der Waals surface area contributed by atoms with Gasteiger partial charge in [0.25, 0.3) is 5.92 Å². The lowest BCUT2D eigenvalue weighted by atomic mass is 10.3. The van der Waals surface area contributed by atoms with E-state index in [-0.39, 0.29) is 5.82 Å². The number of anilines is 1. The van der Waals surface area contributed by atoms with Crippen LogP contribution in [-0.4, -0.2) is 31.1 Å². The van der Waals surface area contributed by atoms with Crippen LogP contribution in [0.25, 0.3) is 0 Å². The summed E-state index contributed by atoms with van der Waals surface area (Å²) in [5, 5.41) is 2.49. The molecule has 0 radical (unpaired) electrons. The summed E-state index contributed by atoms with van der Waals surface area (Å²) < 4.78 is 30.6. The molecule has 84 valence electrons. The van der Waals surface area contributed by atoms with Crippen molar-refractivity contribution in [3.05, 3.63) is 18.3 Å². The van der Waals surface area contributed by atoms with Gasteiger partial charge in [-0.05, 0) is 12.1 Å². The molecule has 15 heavy (non-hydrogen) atoms. The standard InChI is InChI=1S/C9H13F2N3O/c1-15-7-3-2-4-13-8(7)14-6-9(10,11)5-12/h2-4H,5-6,12H2,1H3,(H,13,14). The Balaban J connectivity index is 2.65. The van der Waals surface area contributed by atoms with Crippen LogP contribution in [0.15, 0.2) is 18.3 Å². The van der Waals surface area contributed by atoms with Crippen molar-refractivity contribution in [2.24, 2.45) is 5.73 Å². The minimum absolute atomic E-state index is 0.285. The topological polar surface area (TPSA) is 60.2 Å². The number of ether oxygens (including phenoxy) is 1. The number of pyridine rings is 1. The molecule has 0 atom stereocenters. The molecule has 0 spiro atoms. The Morgan fingerprint density at radius 2 is 2.33 bits per heavy atom. The van der Waals surface area contributed by atoms with Gasteiger partial charge in [0.15, 0.2) is 11.6 Å². The molecule has 0 unspecified atom stereocenters. The van der Waals surface area contributed by atoms with Gasteiger partial charge in [0.1, 0.15) is 0 Å². The molecule has 1 aromatic rings. The van der Waals surface area contributed by atoms with E-state index < -0.39 is 19.0 Å². The van der Waals surface area contributed by atoms with E-state index in [1.165, 1.54) is 13.3 Å². The largest absolute Gasteiger partial charge is 0.493 e. The molecule has 0 saturated heterocycles. The van der Waals surface area contributed by atoms with Crippen molar-refractivity contribution in [2.75, 3.05) is 25.5 Å². The summed E-state index contributed by atoms with van der Waals surface area (Å²) in [6.07, 6.45) is 1.49. The van der Waals surface area contributed by atoms with E-state index in [0.29, 0.717) is 5.75 Å². The minimum atomic E-state index is -2.94. The zero-order valence-corrected chi connectivity index (χ0v) is 8.34. The van der Waals surface area contributed by atoms with Gasteiger partial charge >= 0.3 is 0 Å². The lowest BCUT2D eigenvalue weighted by molar-refractivity contribution is 0.0252. The number of nitrogens with one attached hydrogen (secondary N) is 1. The van der Waals surface area contributed by atoms with Gasteiger partial charge in [0, 0.05) is 6.20 Å². The zero-order valence-electron chi connectivity index (χ0n) is 8.34. The lowest BCUT2D eigenvalue weighted by Gasteiger charge is -2.16. The predicted molar refractivity (Wildman–Crippen MR) is 53.3 cm³/mol. The first-order chi connectivity index (χ1) is 7.09. The monoisotopic (exact) mass is 217 g/mol. The van der Waals surface area contributed by atoms with E-state index in [1.54, 1.807) is 12.1 Å². The van der Waals surface area contributed by atoms with Crippen LogP contribution < -0.4 is 15.8 Å². The molecule has 0 aromatic carbocycles. The van der Waals surface area contributed by atoms with Crippen molar-refractivity contribution in [3.63, 3.8) is 0 Å². The molecular formula is C9H13F2N3O. The van der Waals surface area contributed by atoms with Crippen molar-refractivity contribution in [2.45, 2.75) is 5.92 Å². The van der Waals surface area contributed by atoms with Gasteiger partial charge in [0.05, 0.1) is 20.2 Å². The zero-order chi connectivity index (χ0) is 11.3. The number of hydrogen-bond acceptors (Lipinski definition) is 4. The number of methoxy groups -OCH3 is 1. The molecule has 3 N–H and O–H groups in total. The maximum Gasteiger partial charge on any atom is 0.276 e. The average Bonchev–Trinajstić information content (AvgIpc) is 2.27. The van der Waals surface area contributed by atoms with Crippen LogP contribution in [0.1, 0.15) is 0 Å². The predicted octanol–water partition coefficient (Wildman–Crippen LogP) is 1.10. The van der Waals surface area contributed by atoms with Gasteiger partial charge in [0.2, 0.25) is 0 Å². The highest BCUT2D eigenvalue weighted by Crippen LogP contribution is 2.21. The lowest BCUT2D eigenvalue weighted by Crippen LogP contribution is -2.35. The molecule has 0 aliphatic rings. The van der Waals surface area contributed by atoms with E-state index in [4.69, 9.17) is 10.5 Å². The number of nitrogens with two attached hydrogens (primary N) is 1. The Bertz CT molecular complexity index is 320. The maximum absolute atomic E-state index is 12.8. The number of nitrogens with zero attached hydrogens (tertiary/aromatic N) is 1. The van der Waals surface area contributed by atoms with Gasteiger partial charge < -0.3 is 15.8 Å². The number of rotatable bonds is 5. The fourth-order valence-corrected chi connectivity index (χ4v) is 0.973. The van der Waals surface area contributed by atoms with Gasteiger partial charge in [-0.3, -0.25) is 0 Å². The van der Waals surface area contributed by atoms with Gasteiger partial charge in [-0.2, -0.15) is 0 Å².